The lowest BCUT2D eigenvalue weighted by atomic mass is 10.3. The van der Waals surface area contributed by atoms with E-state index < -0.39 is 10.0 Å². The molecule has 0 bridgehead atoms. The van der Waals surface area contributed by atoms with E-state index in [-0.39, 0.29) is 10.0 Å². The van der Waals surface area contributed by atoms with Crippen LogP contribution >= 0.6 is 22.9 Å². The molecular formula is C15H13ClN2O4S2. The smallest absolute Gasteiger partial charge is 0.263 e. The Bertz CT molecular complexity index is 985. The number of thiazole rings is 1. The van der Waals surface area contributed by atoms with Gasteiger partial charge in [-0.05, 0) is 36.4 Å². The van der Waals surface area contributed by atoms with E-state index in [0.717, 1.165) is 11.3 Å². The fourth-order valence-electron chi connectivity index (χ4n) is 2.09. The number of nitrogens with zero attached hydrogens (tertiary/aromatic N) is 1. The molecule has 0 aliphatic rings. The Hall–Kier alpha value is -2.03. The number of hydrogen-bond acceptors (Lipinski definition) is 6. The minimum Gasteiger partial charge on any atom is -0.497 e. The number of fused-ring (bicyclic) bond motifs is 1. The third-order valence-corrected chi connectivity index (χ3v) is 6.18. The zero-order valence-corrected chi connectivity index (χ0v) is 15.1. The maximum Gasteiger partial charge on any atom is 0.263 e. The topological polar surface area (TPSA) is 77.5 Å². The van der Waals surface area contributed by atoms with Crippen LogP contribution in [0.4, 0.5) is 5.13 Å². The highest BCUT2D eigenvalue weighted by atomic mass is 35.5. The number of halogens is 1. The van der Waals surface area contributed by atoms with Gasteiger partial charge in [0.2, 0.25) is 0 Å². The van der Waals surface area contributed by atoms with Gasteiger partial charge in [0.1, 0.15) is 17.0 Å². The van der Waals surface area contributed by atoms with Crippen LogP contribution in [0.2, 0.25) is 5.02 Å². The van der Waals surface area contributed by atoms with Gasteiger partial charge in [-0.1, -0.05) is 22.9 Å². The maximum atomic E-state index is 12.5. The Morgan fingerprint density at radius 3 is 2.42 bits per heavy atom. The molecule has 9 heteroatoms. The molecule has 3 rings (SSSR count). The predicted octanol–water partition coefficient (Wildman–Crippen LogP) is 3.77. The zero-order chi connectivity index (χ0) is 17.3. The summed E-state index contributed by atoms with van der Waals surface area (Å²) in [5.74, 6) is 1.10. The summed E-state index contributed by atoms with van der Waals surface area (Å²) < 4.78 is 38.3. The molecule has 126 valence electrons. The van der Waals surface area contributed by atoms with Gasteiger partial charge in [-0.2, -0.15) is 0 Å². The zero-order valence-electron chi connectivity index (χ0n) is 12.7. The van der Waals surface area contributed by atoms with Crippen LogP contribution in [0.1, 0.15) is 0 Å². The number of methoxy groups -OCH3 is 2. The summed E-state index contributed by atoms with van der Waals surface area (Å²) in [5.41, 5.74) is 0.516. The molecule has 24 heavy (non-hydrogen) atoms. The van der Waals surface area contributed by atoms with E-state index in [2.05, 4.69) is 9.71 Å². The van der Waals surface area contributed by atoms with E-state index in [9.17, 15) is 8.42 Å². The first-order valence-electron chi connectivity index (χ1n) is 6.74. The Balaban J connectivity index is 1.97. The molecule has 0 unspecified atom stereocenters. The van der Waals surface area contributed by atoms with Crippen molar-refractivity contribution in [2.24, 2.45) is 0 Å². The van der Waals surface area contributed by atoms with Gasteiger partial charge in [0, 0.05) is 0 Å². The molecule has 2 aromatic carbocycles. The highest BCUT2D eigenvalue weighted by Crippen LogP contribution is 2.37. The van der Waals surface area contributed by atoms with Crippen molar-refractivity contribution in [3.8, 4) is 11.5 Å². The third kappa shape index (κ3) is 3.12. The van der Waals surface area contributed by atoms with Gasteiger partial charge in [0.25, 0.3) is 10.0 Å². The first-order chi connectivity index (χ1) is 11.4. The molecular weight excluding hydrogens is 372 g/mol. The largest absolute Gasteiger partial charge is 0.497 e. The number of hydrogen-bond donors (Lipinski definition) is 1. The van der Waals surface area contributed by atoms with E-state index in [4.69, 9.17) is 21.1 Å². The normalized spacial score (nSPS) is 11.5. The molecule has 1 heterocycles. The van der Waals surface area contributed by atoms with Crippen molar-refractivity contribution in [2.45, 2.75) is 4.90 Å². The van der Waals surface area contributed by atoms with E-state index in [1.807, 2.05) is 0 Å². The van der Waals surface area contributed by atoms with Gasteiger partial charge in [-0.15, -0.1) is 0 Å². The molecule has 0 saturated carbocycles. The van der Waals surface area contributed by atoms with Crippen molar-refractivity contribution in [3.63, 3.8) is 0 Å². The number of rotatable bonds is 5. The number of anilines is 1. The summed E-state index contributed by atoms with van der Waals surface area (Å²) in [6, 6.07) is 9.44. The van der Waals surface area contributed by atoms with Crippen LogP contribution in [0.25, 0.3) is 10.2 Å². The maximum absolute atomic E-state index is 12.5. The molecule has 0 atom stereocenters. The van der Waals surface area contributed by atoms with Gasteiger partial charge in [-0.3, -0.25) is 4.72 Å². The van der Waals surface area contributed by atoms with Crippen molar-refractivity contribution < 1.29 is 17.9 Å². The molecule has 0 fully saturated rings. The highest BCUT2D eigenvalue weighted by molar-refractivity contribution is 7.93. The fourth-order valence-corrected chi connectivity index (χ4v) is 4.48. The molecule has 0 aliphatic carbocycles. The summed E-state index contributed by atoms with van der Waals surface area (Å²) in [6.45, 7) is 0. The molecule has 0 aliphatic heterocycles. The first-order valence-corrected chi connectivity index (χ1v) is 9.42. The van der Waals surface area contributed by atoms with Crippen LogP contribution in [0.5, 0.6) is 11.5 Å². The third-order valence-electron chi connectivity index (χ3n) is 3.27. The molecule has 3 aromatic rings. The van der Waals surface area contributed by atoms with Crippen LogP contribution in [-0.2, 0) is 10.0 Å². The molecule has 1 aromatic heterocycles. The standard InChI is InChI=1S/C15H13ClN2O4S2/c1-21-9-3-5-10(6-4-9)24(19,20)18-15-17-13-12(22-2)8-7-11(16)14(13)23-15/h3-8H,1-2H3,(H,17,18). The summed E-state index contributed by atoms with van der Waals surface area (Å²) in [4.78, 5) is 4.39. The first kappa shape index (κ1) is 16.8. The molecule has 0 saturated heterocycles. The van der Waals surface area contributed by atoms with Crippen molar-refractivity contribution in [1.82, 2.24) is 4.98 Å². The van der Waals surface area contributed by atoms with Gasteiger partial charge in [-0.25, -0.2) is 13.4 Å². The molecule has 0 spiro atoms. The second-order valence-electron chi connectivity index (χ2n) is 4.73. The Morgan fingerprint density at radius 2 is 1.79 bits per heavy atom. The monoisotopic (exact) mass is 384 g/mol. The van der Waals surface area contributed by atoms with E-state index in [1.165, 1.54) is 26.4 Å². The summed E-state index contributed by atoms with van der Waals surface area (Å²) in [5, 5.41) is 0.699. The van der Waals surface area contributed by atoms with E-state index in [0.29, 0.717) is 26.7 Å². The Labute approximate surface area is 148 Å². The van der Waals surface area contributed by atoms with Crippen LogP contribution in [0.3, 0.4) is 0 Å². The number of benzene rings is 2. The summed E-state index contributed by atoms with van der Waals surface area (Å²) in [6.07, 6.45) is 0. The minimum atomic E-state index is -3.76. The number of ether oxygens (including phenoxy) is 2. The fraction of sp³-hybridized carbons (Fsp3) is 0.133. The van der Waals surface area contributed by atoms with Crippen molar-refractivity contribution >= 4 is 48.3 Å². The number of aromatic nitrogens is 1. The lowest BCUT2D eigenvalue weighted by Gasteiger charge is -2.05. The second kappa shape index (κ2) is 6.46. The van der Waals surface area contributed by atoms with Crippen LogP contribution in [0, 0.1) is 0 Å². The van der Waals surface area contributed by atoms with Crippen molar-refractivity contribution in [3.05, 3.63) is 41.4 Å². The molecule has 0 amide bonds. The SMILES string of the molecule is COc1ccc(S(=O)(=O)Nc2nc3c(OC)ccc(Cl)c3s2)cc1. The van der Waals surface area contributed by atoms with E-state index >= 15 is 0 Å². The lowest BCUT2D eigenvalue weighted by Crippen LogP contribution is -2.12. The second-order valence-corrected chi connectivity index (χ2v) is 7.82. The number of sulfonamides is 1. The van der Waals surface area contributed by atoms with Crippen molar-refractivity contribution in [2.75, 3.05) is 18.9 Å². The Kier molecular flexibility index (Phi) is 4.53. The molecule has 1 N–H and O–H groups in total. The van der Waals surface area contributed by atoms with Gasteiger partial charge < -0.3 is 9.47 Å². The Morgan fingerprint density at radius 1 is 1.08 bits per heavy atom. The summed E-state index contributed by atoms with van der Waals surface area (Å²) in [7, 11) is -0.729. The van der Waals surface area contributed by atoms with Crippen LogP contribution in [-0.4, -0.2) is 27.6 Å². The average molecular weight is 385 g/mol. The predicted molar refractivity (Wildman–Crippen MR) is 95.0 cm³/mol. The van der Waals surface area contributed by atoms with Gasteiger partial charge in [0.05, 0.1) is 28.8 Å². The number of nitrogens with one attached hydrogen (secondary N) is 1. The minimum absolute atomic E-state index is 0.112. The highest BCUT2D eigenvalue weighted by Gasteiger charge is 2.19. The van der Waals surface area contributed by atoms with Crippen molar-refractivity contribution in [1.29, 1.82) is 0 Å². The average Bonchev–Trinajstić information content (AvgIpc) is 2.99. The van der Waals surface area contributed by atoms with Crippen LogP contribution < -0.4 is 14.2 Å². The van der Waals surface area contributed by atoms with Gasteiger partial charge in [0.15, 0.2) is 5.13 Å². The van der Waals surface area contributed by atoms with Crippen LogP contribution in [0.15, 0.2) is 41.3 Å². The lowest BCUT2D eigenvalue weighted by molar-refractivity contribution is 0.414. The molecule has 0 radical (unpaired) electrons. The quantitative estimate of drug-likeness (QED) is 0.724. The van der Waals surface area contributed by atoms with E-state index in [1.54, 1.807) is 24.3 Å². The summed E-state index contributed by atoms with van der Waals surface area (Å²) >= 11 is 7.29. The van der Waals surface area contributed by atoms with Gasteiger partial charge >= 0.3 is 0 Å². The molecule has 6 nitrogen and oxygen atoms in total.